The number of aromatic nitrogens is 2. The van der Waals surface area contributed by atoms with Crippen molar-refractivity contribution in [2.75, 3.05) is 19.0 Å². The molecule has 0 saturated carbocycles. The standard InChI is InChI=1S/C14H14FN3O3/c1-17(2)10-6-13(19)18(16-7-10)8-9-3-4-12(15)11(5-9)14(20)21/h3-7H,8H2,1-2H3,(H,20,21). The first-order chi connectivity index (χ1) is 9.88. The molecule has 0 fully saturated rings. The first-order valence-corrected chi connectivity index (χ1v) is 6.14. The van der Waals surface area contributed by atoms with Crippen molar-refractivity contribution in [1.29, 1.82) is 0 Å². The average Bonchev–Trinajstić information content (AvgIpc) is 2.42. The van der Waals surface area contributed by atoms with Gasteiger partial charge in [0.15, 0.2) is 0 Å². The summed E-state index contributed by atoms with van der Waals surface area (Å²) in [5.74, 6) is -2.16. The second kappa shape index (κ2) is 5.74. The summed E-state index contributed by atoms with van der Waals surface area (Å²) < 4.78 is 14.5. The number of hydrogen-bond acceptors (Lipinski definition) is 4. The van der Waals surface area contributed by atoms with Gasteiger partial charge in [-0.1, -0.05) is 6.07 Å². The SMILES string of the molecule is CN(C)c1cnn(Cc2ccc(F)c(C(=O)O)c2)c(=O)c1. The minimum atomic E-state index is -1.35. The van der Waals surface area contributed by atoms with Crippen LogP contribution in [0.3, 0.4) is 0 Å². The Kier molecular flexibility index (Phi) is 4.02. The minimum absolute atomic E-state index is 0.0765. The van der Waals surface area contributed by atoms with Crippen LogP contribution in [0.4, 0.5) is 10.1 Å². The van der Waals surface area contributed by atoms with E-state index in [2.05, 4.69) is 5.10 Å². The van der Waals surface area contributed by atoms with Gasteiger partial charge in [0.2, 0.25) is 0 Å². The number of carbonyl (C=O) groups is 1. The highest BCUT2D eigenvalue weighted by atomic mass is 19.1. The van der Waals surface area contributed by atoms with Crippen LogP contribution in [-0.2, 0) is 6.54 Å². The molecular formula is C14H14FN3O3. The molecule has 0 aliphatic rings. The summed E-state index contributed by atoms with van der Waals surface area (Å²) in [5, 5.41) is 12.9. The molecule has 21 heavy (non-hydrogen) atoms. The number of rotatable bonds is 4. The third-order valence-corrected chi connectivity index (χ3v) is 2.97. The van der Waals surface area contributed by atoms with Gasteiger partial charge in [0.05, 0.1) is 24.0 Å². The molecule has 0 bridgehead atoms. The second-order valence-electron chi connectivity index (χ2n) is 4.72. The number of anilines is 1. The van der Waals surface area contributed by atoms with Gasteiger partial charge in [-0.05, 0) is 17.7 Å². The van der Waals surface area contributed by atoms with Gasteiger partial charge < -0.3 is 10.0 Å². The van der Waals surface area contributed by atoms with Crippen LogP contribution in [0.5, 0.6) is 0 Å². The van der Waals surface area contributed by atoms with Crippen LogP contribution in [0.1, 0.15) is 15.9 Å². The maximum absolute atomic E-state index is 13.3. The normalized spacial score (nSPS) is 10.4. The molecule has 2 aromatic rings. The van der Waals surface area contributed by atoms with Crippen molar-refractivity contribution in [2.24, 2.45) is 0 Å². The third-order valence-electron chi connectivity index (χ3n) is 2.97. The van der Waals surface area contributed by atoms with Crippen molar-refractivity contribution in [1.82, 2.24) is 9.78 Å². The van der Waals surface area contributed by atoms with E-state index in [0.717, 1.165) is 6.07 Å². The van der Waals surface area contributed by atoms with E-state index in [-0.39, 0.29) is 12.1 Å². The highest BCUT2D eigenvalue weighted by Gasteiger charge is 2.11. The number of carboxylic acid groups (broad SMARTS) is 1. The monoisotopic (exact) mass is 291 g/mol. The highest BCUT2D eigenvalue weighted by molar-refractivity contribution is 5.88. The average molecular weight is 291 g/mol. The fourth-order valence-electron chi connectivity index (χ4n) is 1.79. The Morgan fingerprint density at radius 1 is 1.38 bits per heavy atom. The molecule has 7 heteroatoms. The van der Waals surface area contributed by atoms with E-state index in [4.69, 9.17) is 5.11 Å². The predicted molar refractivity (Wildman–Crippen MR) is 75.3 cm³/mol. The molecule has 1 aromatic carbocycles. The van der Waals surface area contributed by atoms with Gasteiger partial charge in [-0.3, -0.25) is 4.79 Å². The summed E-state index contributed by atoms with van der Waals surface area (Å²) in [7, 11) is 3.58. The van der Waals surface area contributed by atoms with Crippen LogP contribution in [0.2, 0.25) is 0 Å². The molecule has 0 radical (unpaired) electrons. The number of nitrogens with zero attached hydrogens (tertiary/aromatic N) is 3. The first-order valence-electron chi connectivity index (χ1n) is 6.14. The Labute approximate surface area is 120 Å². The molecule has 0 aliphatic heterocycles. The van der Waals surface area contributed by atoms with Crippen LogP contribution >= 0.6 is 0 Å². The van der Waals surface area contributed by atoms with Crippen molar-refractivity contribution in [3.63, 3.8) is 0 Å². The van der Waals surface area contributed by atoms with Gasteiger partial charge in [0.25, 0.3) is 5.56 Å². The van der Waals surface area contributed by atoms with Crippen molar-refractivity contribution < 1.29 is 14.3 Å². The number of halogens is 1. The van der Waals surface area contributed by atoms with E-state index in [1.54, 1.807) is 19.0 Å². The lowest BCUT2D eigenvalue weighted by atomic mass is 10.1. The van der Waals surface area contributed by atoms with Crippen molar-refractivity contribution in [3.8, 4) is 0 Å². The molecule has 0 amide bonds. The Bertz CT molecular complexity index is 740. The number of hydrogen-bond donors (Lipinski definition) is 1. The predicted octanol–water partition coefficient (Wildman–Crippen LogP) is 1.19. The zero-order valence-electron chi connectivity index (χ0n) is 11.6. The Balaban J connectivity index is 2.32. The Hall–Kier alpha value is -2.70. The highest BCUT2D eigenvalue weighted by Crippen LogP contribution is 2.11. The molecular weight excluding hydrogens is 277 g/mol. The van der Waals surface area contributed by atoms with E-state index in [1.807, 2.05) is 0 Å². The van der Waals surface area contributed by atoms with Gasteiger partial charge in [0, 0.05) is 20.2 Å². The maximum Gasteiger partial charge on any atom is 0.338 e. The molecule has 110 valence electrons. The Morgan fingerprint density at radius 3 is 2.67 bits per heavy atom. The van der Waals surface area contributed by atoms with Gasteiger partial charge in [-0.15, -0.1) is 0 Å². The smallest absolute Gasteiger partial charge is 0.338 e. The van der Waals surface area contributed by atoms with E-state index < -0.39 is 17.3 Å². The molecule has 1 heterocycles. The third kappa shape index (κ3) is 3.25. The maximum atomic E-state index is 13.3. The van der Waals surface area contributed by atoms with E-state index in [9.17, 15) is 14.0 Å². The zero-order chi connectivity index (χ0) is 15.6. The number of benzene rings is 1. The number of carboxylic acids is 1. The summed E-state index contributed by atoms with van der Waals surface area (Å²) in [6, 6.07) is 5.12. The van der Waals surface area contributed by atoms with Crippen molar-refractivity contribution >= 4 is 11.7 Å². The lowest BCUT2D eigenvalue weighted by molar-refractivity contribution is 0.0691. The van der Waals surface area contributed by atoms with Crippen LogP contribution in [0.15, 0.2) is 35.3 Å². The van der Waals surface area contributed by atoms with E-state index in [0.29, 0.717) is 11.3 Å². The van der Waals surface area contributed by atoms with Gasteiger partial charge >= 0.3 is 5.97 Å². The zero-order valence-corrected chi connectivity index (χ0v) is 11.6. The molecule has 0 spiro atoms. The molecule has 6 nitrogen and oxygen atoms in total. The van der Waals surface area contributed by atoms with E-state index >= 15 is 0 Å². The molecule has 1 N–H and O–H groups in total. The van der Waals surface area contributed by atoms with Gasteiger partial charge in [-0.2, -0.15) is 5.10 Å². The molecule has 0 unspecified atom stereocenters. The summed E-state index contributed by atoms with van der Waals surface area (Å²) in [5.41, 5.74) is 0.412. The van der Waals surface area contributed by atoms with Crippen LogP contribution in [0, 0.1) is 5.82 Å². The van der Waals surface area contributed by atoms with Crippen molar-refractivity contribution in [2.45, 2.75) is 6.54 Å². The fraction of sp³-hybridized carbons (Fsp3) is 0.214. The quantitative estimate of drug-likeness (QED) is 0.916. The summed E-state index contributed by atoms with van der Waals surface area (Å²) in [6.45, 7) is 0.0765. The molecule has 2 rings (SSSR count). The van der Waals surface area contributed by atoms with Crippen LogP contribution < -0.4 is 10.5 Å². The minimum Gasteiger partial charge on any atom is -0.478 e. The summed E-state index contributed by atoms with van der Waals surface area (Å²) in [4.78, 5) is 24.6. The topological polar surface area (TPSA) is 75.4 Å². The molecule has 0 saturated heterocycles. The lowest BCUT2D eigenvalue weighted by Gasteiger charge is -2.12. The molecule has 0 atom stereocenters. The van der Waals surface area contributed by atoms with E-state index in [1.165, 1.54) is 29.1 Å². The Morgan fingerprint density at radius 2 is 2.10 bits per heavy atom. The van der Waals surface area contributed by atoms with Gasteiger partial charge in [0.1, 0.15) is 5.82 Å². The van der Waals surface area contributed by atoms with Crippen LogP contribution in [0.25, 0.3) is 0 Å². The molecule has 1 aromatic heterocycles. The first kappa shape index (κ1) is 14.7. The summed E-state index contributed by atoms with van der Waals surface area (Å²) in [6.07, 6.45) is 1.53. The van der Waals surface area contributed by atoms with Crippen molar-refractivity contribution in [3.05, 3.63) is 57.8 Å². The lowest BCUT2D eigenvalue weighted by Crippen LogP contribution is -2.24. The second-order valence-corrected chi connectivity index (χ2v) is 4.72. The van der Waals surface area contributed by atoms with Gasteiger partial charge in [-0.25, -0.2) is 13.9 Å². The molecule has 0 aliphatic carbocycles. The summed E-state index contributed by atoms with van der Waals surface area (Å²) >= 11 is 0. The number of aromatic carboxylic acids is 1. The van der Waals surface area contributed by atoms with Crippen LogP contribution in [-0.4, -0.2) is 35.0 Å². The largest absolute Gasteiger partial charge is 0.478 e. The fourth-order valence-corrected chi connectivity index (χ4v) is 1.79.